The van der Waals surface area contributed by atoms with Gasteiger partial charge >= 0.3 is 18.1 Å². The van der Waals surface area contributed by atoms with Crippen molar-refractivity contribution in [3.63, 3.8) is 0 Å². The number of carboxylic acid groups (broad SMARTS) is 1. The second-order valence-corrected chi connectivity index (χ2v) is 10.2. The van der Waals surface area contributed by atoms with Crippen LogP contribution in [0.2, 0.25) is 0 Å². The smallest absolute Gasteiger partial charge is 0.408 e. The lowest BCUT2D eigenvalue weighted by Gasteiger charge is -2.17. The van der Waals surface area contributed by atoms with Crippen molar-refractivity contribution >= 4 is 46.9 Å². The van der Waals surface area contributed by atoms with E-state index in [1.54, 1.807) is 37.4 Å². The third kappa shape index (κ3) is 9.34. The number of hydrogen-bond donors (Lipinski definition) is 4. The maximum atomic E-state index is 12.9. The standard InChI is InChI=1S/C29H33N5O7S/c1-5-12-41-29(39)32-24(27(36)37)16-20-15-21(42-33-20)17-34(3)26(35)14-19-10-11-23(25(13-19)40-4)31-28(38)30-22-9-7-6-8-18(22)2/h5-11,13,15,24H,1,12,14,16-17H2,2-4H3,(H,32,39)(H,36,37)(H2,30,31,38). The number of alkyl carbamates (subject to hydrolysis) is 1. The Hall–Kier alpha value is -4.91. The first-order chi connectivity index (χ1) is 20.1. The molecule has 4 amide bonds. The average Bonchev–Trinajstić information content (AvgIpc) is 3.39. The van der Waals surface area contributed by atoms with E-state index in [1.165, 1.54) is 18.1 Å². The zero-order valence-corrected chi connectivity index (χ0v) is 24.3. The lowest BCUT2D eigenvalue weighted by atomic mass is 10.1. The number of para-hydroxylation sites is 1. The molecule has 222 valence electrons. The maximum Gasteiger partial charge on any atom is 0.408 e. The van der Waals surface area contributed by atoms with E-state index in [1.807, 2.05) is 25.1 Å². The summed E-state index contributed by atoms with van der Waals surface area (Å²) in [6.45, 7) is 5.55. The van der Waals surface area contributed by atoms with E-state index in [9.17, 15) is 24.3 Å². The Bertz CT molecular complexity index is 1440. The van der Waals surface area contributed by atoms with Crippen LogP contribution in [0.4, 0.5) is 21.0 Å². The van der Waals surface area contributed by atoms with Crippen molar-refractivity contribution in [1.29, 1.82) is 0 Å². The van der Waals surface area contributed by atoms with Crippen molar-refractivity contribution in [1.82, 2.24) is 14.6 Å². The minimum atomic E-state index is -1.23. The van der Waals surface area contributed by atoms with Crippen molar-refractivity contribution in [2.45, 2.75) is 32.4 Å². The van der Waals surface area contributed by atoms with E-state index < -0.39 is 24.1 Å². The monoisotopic (exact) mass is 595 g/mol. The summed E-state index contributed by atoms with van der Waals surface area (Å²) >= 11 is 1.14. The summed E-state index contributed by atoms with van der Waals surface area (Å²) in [7, 11) is 3.13. The number of nitrogens with one attached hydrogen (secondary N) is 3. The molecular weight excluding hydrogens is 562 g/mol. The van der Waals surface area contributed by atoms with Gasteiger partial charge in [0.2, 0.25) is 5.91 Å². The second kappa shape index (κ2) is 15.2. The molecule has 1 aromatic heterocycles. The molecule has 13 heteroatoms. The Labute approximate surface area is 247 Å². The number of ether oxygens (including phenoxy) is 2. The number of benzene rings is 2. The number of anilines is 2. The van der Waals surface area contributed by atoms with Gasteiger partial charge in [-0.25, -0.2) is 14.4 Å². The molecule has 0 bridgehead atoms. The average molecular weight is 596 g/mol. The highest BCUT2D eigenvalue weighted by atomic mass is 32.1. The largest absolute Gasteiger partial charge is 0.495 e. The number of rotatable bonds is 13. The third-order valence-corrected chi connectivity index (χ3v) is 6.83. The van der Waals surface area contributed by atoms with Gasteiger partial charge in [0.05, 0.1) is 31.5 Å². The van der Waals surface area contributed by atoms with Crippen molar-refractivity contribution < 1.29 is 33.8 Å². The molecule has 0 saturated heterocycles. The van der Waals surface area contributed by atoms with Gasteiger partial charge in [-0.2, -0.15) is 4.37 Å². The van der Waals surface area contributed by atoms with Crippen LogP contribution in [0.25, 0.3) is 0 Å². The molecule has 0 fully saturated rings. The lowest BCUT2D eigenvalue weighted by Crippen LogP contribution is -2.42. The van der Waals surface area contributed by atoms with Crippen LogP contribution in [0.1, 0.15) is 21.7 Å². The molecule has 3 aromatic rings. The molecule has 1 unspecified atom stereocenters. The number of aliphatic carboxylic acids is 1. The minimum absolute atomic E-state index is 0.0428. The Kier molecular flexibility index (Phi) is 11.4. The summed E-state index contributed by atoms with van der Waals surface area (Å²) in [5, 5.41) is 17.3. The first-order valence-electron chi connectivity index (χ1n) is 12.9. The zero-order valence-electron chi connectivity index (χ0n) is 23.5. The topological polar surface area (TPSA) is 159 Å². The van der Waals surface area contributed by atoms with Gasteiger partial charge in [0.15, 0.2) is 0 Å². The quantitative estimate of drug-likeness (QED) is 0.214. The van der Waals surface area contributed by atoms with Gasteiger partial charge < -0.3 is 35.4 Å². The van der Waals surface area contributed by atoms with Crippen molar-refractivity contribution in [2.24, 2.45) is 0 Å². The van der Waals surface area contributed by atoms with E-state index in [0.29, 0.717) is 28.4 Å². The van der Waals surface area contributed by atoms with Gasteiger partial charge in [0.25, 0.3) is 0 Å². The number of likely N-dealkylation sites (N-methyl/N-ethyl adjacent to an activating group) is 1. The summed E-state index contributed by atoms with van der Waals surface area (Å²) in [6.07, 6.45) is 0.549. The molecule has 0 radical (unpaired) electrons. The van der Waals surface area contributed by atoms with E-state index in [0.717, 1.165) is 22.0 Å². The molecule has 1 heterocycles. The highest BCUT2D eigenvalue weighted by Crippen LogP contribution is 2.27. The minimum Gasteiger partial charge on any atom is -0.495 e. The fraction of sp³-hybridized carbons (Fsp3) is 0.276. The number of carbonyl (C=O) groups excluding carboxylic acids is 3. The fourth-order valence-corrected chi connectivity index (χ4v) is 4.63. The number of nitrogens with zero attached hydrogens (tertiary/aromatic N) is 2. The predicted octanol–water partition coefficient (Wildman–Crippen LogP) is 4.21. The van der Waals surface area contributed by atoms with Gasteiger partial charge in [0.1, 0.15) is 18.4 Å². The molecule has 42 heavy (non-hydrogen) atoms. The Morgan fingerprint density at radius 1 is 1.12 bits per heavy atom. The summed E-state index contributed by atoms with van der Waals surface area (Å²) in [5.41, 5.74) is 3.22. The number of carboxylic acids is 1. The zero-order chi connectivity index (χ0) is 30.6. The lowest BCUT2D eigenvalue weighted by molar-refractivity contribution is -0.139. The van der Waals surface area contributed by atoms with E-state index in [-0.39, 0.29) is 31.9 Å². The predicted molar refractivity (Wildman–Crippen MR) is 159 cm³/mol. The molecule has 0 aliphatic carbocycles. The van der Waals surface area contributed by atoms with Gasteiger partial charge in [-0.1, -0.05) is 36.9 Å². The molecule has 2 aromatic carbocycles. The van der Waals surface area contributed by atoms with Crippen LogP contribution in [0.3, 0.4) is 0 Å². The number of urea groups is 1. The Balaban J connectivity index is 1.56. The molecule has 0 saturated carbocycles. The fourth-order valence-electron chi connectivity index (χ4n) is 3.82. The summed E-state index contributed by atoms with van der Waals surface area (Å²) in [4.78, 5) is 51.0. The summed E-state index contributed by atoms with van der Waals surface area (Å²) in [5.74, 6) is -0.985. The number of methoxy groups -OCH3 is 1. The Morgan fingerprint density at radius 2 is 1.86 bits per heavy atom. The van der Waals surface area contributed by atoms with E-state index in [2.05, 4.69) is 26.9 Å². The summed E-state index contributed by atoms with van der Waals surface area (Å²) < 4.78 is 14.5. The molecule has 12 nitrogen and oxygen atoms in total. The number of hydrogen-bond acceptors (Lipinski definition) is 8. The Morgan fingerprint density at radius 3 is 2.55 bits per heavy atom. The molecule has 3 rings (SSSR count). The van der Waals surface area contributed by atoms with Crippen molar-refractivity contribution in [2.75, 3.05) is 31.4 Å². The van der Waals surface area contributed by atoms with Crippen LogP contribution in [0.15, 0.2) is 61.2 Å². The molecule has 4 N–H and O–H groups in total. The van der Waals surface area contributed by atoms with Crippen LogP contribution in [-0.4, -0.2) is 65.2 Å². The second-order valence-electron chi connectivity index (χ2n) is 9.27. The third-order valence-electron chi connectivity index (χ3n) is 6.02. The van der Waals surface area contributed by atoms with Crippen molar-refractivity contribution in [3.8, 4) is 5.75 Å². The van der Waals surface area contributed by atoms with Crippen LogP contribution in [-0.2, 0) is 33.7 Å². The van der Waals surface area contributed by atoms with Gasteiger partial charge in [-0.05, 0) is 53.8 Å². The number of aromatic nitrogens is 1. The number of carbonyl (C=O) groups is 4. The van der Waals surface area contributed by atoms with Gasteiger partial charge in [-0.3, -0.25) is 4.79 Å². The molecule has 0 spiro atoms. The van der Waals surface area contributed by atoms with E-state index in [4.69, 9.17) is 9.47 Å². The molecular formula is C29H33N5O7S. The number of aryl methyl sites for hydroxylation is 1. The van der Waals surface area contributed by atoms with Gasteiger partial charge in [-0.15, -0.1) is 0 Å². The highest BCUT2D eigenvalue weighted by Gasteiger charge is 2.23. The maximum absolute atomic E-state index is 12.9. The molecule has 1 atom stereocenters. The molecule has 0 aliphatic heterocycles. The van der Waals surface area contributed by atoms with E-state index >= 15 is 0 Å². The summed E-state index contributed by atoms with van der Waals surface area (Å²) in [6, 6.07) is 12.6. The SMILES string of the molecule is C=CCOC(=O)NC(Cc1cc(CN(C)C(=O)Cc2ccc(NC(=O)Nc3ccccc3C)c(OC)c2)sn1)C(=O)O. The first-order valence-corrected chi connectivity index (χ1v) is 13.6. The van der Waals surface area contributed by atoms with Crippen LogP contribution in [0, 0.1) is 6.92 Å². The van der Waals surface area contributed by atoms with Crippen LogP contribution in [0.5, 0.6) is 5.75 Å². The van der Waals surface area contributed by atoms with Crippen LogP contribution < -0.4 is 20.7 Å². The molecule has 0 aliphatic rings. The number of amides is 4. The van der Waals surface area contributed by atoms with Crippen molar-refractivity contribution in [3.05, 3.63) is 82.9 Å². The normalized spacial score (nSPS) is 11.1. The van der Waals surface area contributed by atoms with Gasteiger partial charge in [0, 0.05) is 24.0 Å². The highest BCUT2D eigenvalue weighted by molar-refractivity contribution is 7.05. The first kappa shape index (κ1) is 31.6. The van der Waals surface area contributed by atoms with Crippen LogP contribution >= 0.6 is 11.5 Å².